The molecule has 5 aromatic rings. The number of aliphatic imine (C=N–C) groups is 2. The van der Waals surface area contributed by atoms with E-state index in [2.05, 4.69) is 34.2 Å². The highest BCUT2D eigenvalue weighted by Gasteiger charge is 2.16. The Morgan fingerprint density at radius 2 is 1.07 bits per heavy atom. The SMILES string of the molecule is NC(=NC1CCCCC1)c1ccc2nc(-c3ccc(-c4nc5ccc(C(N)=NC6CCCCC6)cc5[nH]4)s3)[nH]c2c1. The molecule has 3 heterocycles. The average molecular weight is 565 g/mol. The van der Waals surface area contributed by atoms with Gasteiger partial charge in [-0.3, -0.25) is 9.98 Å². The van der Waals surface area contributed by atoms with Gasteiger partial charge in [-0.25, -0.2) is 9.97 Å². The van der Waals surface area contributed by atoms with Gasteiger partial charge in [-0.1, -0.05) is 38.5 Å². The van der Waals surface area contributed by atoms with Crippen LogP contribution in [0.5, 0.6) is 0 Å². The molecule has 8 nitrogen and oxygen atoms in total. The van der Waals surface area contributed by atoms with Gasteiger partial charge in [0.2, 0.25) is 0 Å². The Morgan fingerprint density at radius 3 is 1.51 bits per heavy atom. The topological polar surface area (TPSA) is 134 Å². The molecular formula is C32H36N8S. The maximum Gasteiger partial charge on any atom is 0.148 e. The molecule has 41 heavy (non-hydrogen) atoms. The molecular weight excluding hydrogens is 528 g/mol. The summed E-state index contributed by atoms with van der Waals surface area (Å²) in [5.41, 5.74) is 18.4. The van der Waals surface area contributed by atoms with E-state index in [9.17, 15) is 0 Å². The lowest BCUT2D eigenvalue weighted by molar-refractivity contribution is 0.443. The highest BCUT2D eigenvalue weighted by atomic mass is 32.1. The number of thiophene rings is 1. The number of benzene rings is 2. The molecule has 7 rings (SSSR count). The number of aromatic amines is 2. The van der Waals surface area contributed by atoms with Gasteiger partial charge < -0.3 is 21.4 Å². The van der Waals surface area contributed by atoms with Crippen LogP contribution in [0.4, 0.5) is 0 Å². The zero-order valence-electron chi connectivity index (χ0n) is 23.2. The van der Waals surface area contributed by atoms with Crippen LogP contribution in [-0.2, 0) is 0 Å². The second kappa shape index (κ2) is 11.1. The predicted molar refractivity (Wildman–Crippen MR) is 170 cm³/mol. The van der Waals surface area contributed by atoms with Gasteiger partial charge in [0.05, 0.1) is 43.9 Å². The number of fused-ring (bicyclic) bond motifs is 2. The molecule has 2 aromatic carbocycles. The standard InChI is InChI=1S/C32H36N8S/c33-29(35-21-7-3-1-4-8-21)19-11-13-23-25(17-19)39-31(37-23)27-15-16-28(41-27)32-38-24-14-12-20(18-26(24)40-32)30(34)36-22-9-5-2-6-10-22/h11-18,21-22H,1-10H2,(H2,33,35)(H2,34,36)(H,37,39)(H,38,40). The third kappa shape index (κ3) is 5.51. The largest absolute Gasteiger partial charge is 0.383 e. The van der Waals surface area contributed by atoms with E-state index in [4.69, 9.17) is 31.4 Å². The normalized spacial score (nSPS) is 18.0. The zero-order chi connectivity index (χ0) is 27.8. The lowest BCUT2D eigenvalue weighted by Crippen LogP contribution is -2.19. The molecule has 0 bridgehead atoms. The number of imidazole rings is 2. The minimum atomic E-state index is 0.346. The Bertz CT molecular complexity index is 1620. The quantitative estimate of drug-likeness (QED) is 0.132. The molecule has 0 spiro atoms. The molecule has 2 saturated carbocycles. The number of nitrogens with zero attached hydrogens (tertiary/aromatic N) is 4. The monoisotopic (exact) mass is 564 g/mol. The van der Waals surface area contributed by atoms with E-state index >= 15 is 0 Å². The number of amidine groups is 2. The average Bonchev–Trinajstić information content (AvgIpc) is 3.75. The molecule has 9 heteroatoms. The van der Waals surface area contributed by atoms with Crippen molar-refractivity contribution in [1.82, 2.24) is 19.9 Å². The summed E-state index contributed by atoms with van der Waals surface area (Å²) in [5, 5.41) is 0. The third-order valence-corrected chi connectivity index (χ3v) is 9.52. The molecule has 2 fully saturated rings. The van der Waals surface area contributed by atoms with Crippen molar-refractivity contribution in [1.29, 1.82) is 0 Å². The lowest BCUT2D eigenvalue weighted by Gasteiger charge is -2.18. The number of rotatable bonds is 6. The maximum atomic E-state index is 6.40. The molecule has 0 amide bonds. The van der Waals surface area contributed by atoms with Gasteiger partial charge in [-0.15, -0.1) is 11.3 Å². The molecule has 0 atom stereocenters. The van der Waals surface area contributed by atoms with Gasteiger partial charge in [0.15, 0.2) is 0 Å². The van der Waals surface area contributed by atoms with Gasteiger partial charge in [-0.05, 0) is 74.2 Å². The maximum absolute atomic E-state index is 6.40. The van der Waals surface area contributed by atoms with Crippen molar-refractivity contribution < 1.29 is 0 Å². The van der Waals surface area contributed by atoms with Gasteiger partial charge in [0, 0.05) is 11.1 Å². The second-order valence-electron chi connectivity index (χ2n) is 11.4. The van der Waals surface area contributed by atoms with Crippen LogP contribution in [0, 0.1) is 0 Å². The molecule has 0 radical (unpaired) electrons. The van der Waals surface area contributed by atoms with E-state index in [0.29, 0.717) is 23.8 Å². The van der Waals surface area contributed by atoms with E-state index in [1.165, 1.54) is 38.5 Å². The van der Waals surface area contributed by atoms with E-state index in [1.54, 1.807) is 11.3 Å². The van der Waals surface area contributed by atoms with E-state index < -0.39 is 0 Å². The van der Waals surface area contributed by atoms with Gasteiger partial charge >= 0.3 is 0 Å². The summed E-state index contributed by atoms with van der Waals surface area (Å²) in [6.45, 7) is 0. The van der Waals surface area contributed by atoms with Crippen molar-refractivity contribution in [3.05, 3.63) is 59.7 Å². The fourth-order valence-corrected chi connectivity index (χ4v) is 7.02. The first-order valence-electron chi connectivity index (χ1n) is 14.9. The zero-order valence-corrected chi connectivity index (χ0v) is 24.0. The molecule has 3 aromatic heterocycles. The molecule has 2 aliphatic carbocycles. The fraction of sp³-hybridized carbons (Fsp3) is 0.375. The number of H-pyrrole nitrogens is 2. The molecule has 0 aliphatic heterocycles. The van der Waals surface area contributed by atoms with Crippen LogP contribution < -0.4 is 11.5 Å². The minimum absolute atomic E-state index is 0.346. The number of hydrogen-bond donors (Lipinski definition) is 4. The second-order valence-corrected chi connectivity index (χ2v) is 12.5. The van der Waals surface area contributed by atoms with E-state index in [-0.39, 0.29) is 0 Å². The van der Waals surface area contributed by atoms with Crippen LogP contribution in [0.2, 0.25) is 0 Å². The third-order valence-electron chi connectivity index (χ3n) is 8.42. The Morgan fingerprint density at radius 1 is 0.634 bits per heavy atom. The molecule has 0 unspecified atom stereocenters. The predicted octanol–water partition coefficient (Wildman–Crippen LogP) is 6.91. The van der Waals surface area contributed by atoms with Crippen LogP contribution in [0.3, 0.4) is 0 Å². The van der Waals surface area contributed by atoms with Gasteiger partial charge in [-0.2, -0.15) is 0 Å². The van der Waals surface area contributed by atoms with Crippen molar-refractivity contribution >= 4 is 45.1 Å². The highest BCUT2D eigenvalue weighted by molar-refractivity contribution is 7.18. The first-order valence-corrected chi connectivity index (χ1v) is 15.7. The van der Waals surface area contributed by atoms with Crippen molar-refractivity contribution in [3.63, 3.8) is 0 Å². The van der Waals surface area contributed by atoms with Crippen molar-refractivity contribution in [2.24, 2.45) is 21.5 Å². The van der Waals surface area contributed by atoms with Crippen LogP contribution in [0.1, 0.15) is 75.3 Å². The van der Waals surface area contributed by atoms with Gasteiger partial charge in [0.1, 0.15) is 23.3 Å². The minimum Gasteiger partial charge on any atom is -0.383 e. The fourth-order valence-electron chi connectivity index (χ4n) is 6.13. The summed E-state index contributed by atoms with van der Waals surface area (Å²) in [5.74, 6) is 2.90. The first-order chi connectivity index (χ1) is 20.1. The number of nitrogens with one attached hydrogen (secondary N) is 2. The molecule has 210 valence electrons. The smallest absolute Gasteiger partial charge is 0.148 e. The molecule has 6 N–H and O–H groups in total. The van der Waals surface area contributed by atoms with Gasteiger partial charge in [0.25, 0.3) is 0 Å². The lowest BCUT2D eigenvalue weighted by atomic mass is 9.96. The summed E-state index contributed by atoms with van der Waals surface area (Å²) in [7, 11) is 0. The van der Waals surface area contributed by atoms with E-state index in [0.717, 1.165) is 80.3 Å². The summed E-state index contributed by atoms with van der Waals surface area (Å²) in [6.07, 6.45) is 12.1. The Hall–Kier alpha value is -3.98. The van der Waals surface area contributed by atoms with Crippen molar-refractivity contribution in [2.45, 2.75) is 76.3 Å². The summed E-state index contributed by atoms with van der Waals surface area (Å²) in [4.78, 5) is 28.4. The summed E-state index contributed by atoms with van der Waals surface area (Å²) in [6, 6.07) is 17.1. The number of aromatic nitrogens is 4. The molecule has 2 aliphatic rings. The van der Waals surface area contributed by atoms with Crippen LogP contribution in [0.25, 0.3) is 43.5 Å². The Kier molecular flexibility index (Phi) is 7.04. The number of nitrogens with two attached hydrogens (primary N) is 2. The highest BCUT2D eigenvalue weighted by Crippen LogP contribution is 2.34. The first kappa shape index (κ1) is 26.0. The molecule has 0 saturated heterocycles. The van der Waals surface area contributed by atoms with E-state index in [1.807, 2.05) is 24.3 Å². The summed E-state index contributed by atoms with van der Waals surface area (Å²) >= 11 is 1.65. The van der Waals surface area contributed by atoms with Crippen molar-refractivity contribution in [3.8, 4) is 21.4 Å². The van der Waals surface area contributed by atoms with Crippen LogP contribution in [-0.4, -0.2) is 43.7 Å². The van der Waals surface area contributed by atoms with Crippen LogP contribution >= 0.6 is 11.3 Å². The Balaban J connectivity index is 1.11. The van der Waals surface area contributed by atoms with Crippen LogP contribution in [0.15, 0.2) is 58.5 Å². The summed E-state index contributed by atoms with van der Waals surface area (Å²) < 4.78 is 0. The number of hydrogen-bond acceptors (Lipinski definition) is 5. The Labute approximate surface area is 243 Å². The van der Waals surface area contributed by atoms with Crippen molar-refractivity contribution in [2.75, 3.05) is 0 Å².